The van der Waals surface area contributed by atoms with E-state index in [1.807, 2.05) is 18.3 Å². The molecule has 1 N–H and O–H groups in total. The van der Waals surface area contributed by atoms with Crippen molar-refractivity contribution in [3.63, 3.8) is 0 Å². The van der Waals surface area contributed by atoms with Gasteiger partial charge in [0.1, 0.15) is 11.5 Å². The van der Waals surface area contributed by atoms with E-state index in [9.17, 15) is 9.18 Å². The zero-order valence-electron chi connectivity index (χ0n) is 21.0. The highest BCUT2D eigenvalue weighted by Gasteiger charge is 2.24. The van der Waals surface area contributed by atoms with Crippen LogP contribution in [0.15, 0.2) is 54.9 Å². The summed E-state index contributed by atoms with van der Waals surface area (Å²) in [6.45, 7) is 3.44. The van der Waals surface area contributed by atoms with Crippen LogP contribution in [-0.4, -0.2) is 35.5 Å². The molecule has 3 aromatic heterocycles. The van der Waals surface area contributed by atoms with Crippen LogP contribution in [0.3, 0.4) is 0 Å². The van der Waals surface area contributed by atoms with Crippen LogP contribution < -0.4 is 10.1 Å². The van der Waals surface area contributed by atoms with Crippen molar-refractivity contribution in [1.82, 2.24) is 15.3 Å². The lowest BCUT2D eigenvalue weighted by atomic mass is 10.0. The molecule has 0 saturated heterocycles. The predicted octanol–water partition coefficient (Wildman–Crippen LogP) is 6.33. The van der Waals surface area contributed by atoms with Crippen LogP contribution >= 0.6 is 11.3 Å². The third kappa shape index (κ3) is 6.57. The molecule has 37 heavy (non-hydrogen) atoms. The highest BCUT2D eigenvalue weighted by molar-refractivity contribution is 7.22. The molecule has 4 aromatic rings. The average molecular weight is 520 g/mol. The van der Waals surface area contributed by atoms with Gasteiger partial charge >= 0.3 is 0 Å². The molecule has 0 aliphatic heterocycles. The number of carbonyl (C=O) groups is 1. The summed E-state index contributed by atoms with van der Waals surface area (Å²) in [5.74, 6) is 0.870. The summed E-state index contributed by atoms with van der Waals surface area (Å²) in [5.41, 5.74) is 3.37. The number of nitrogens with zero attached hydrogens (tertiary/aromatic N) is 2. The second-order valence-electron chi connectivity index (χ2n) is 9.65. The van der Waals surface area contributed by atoms with Crippen LogP contribution in [0.5, 0.6) is 11.5 Å². The first kappa shape index (κ1) is 25.4. The van der Waals surface area contributed by atoms with Crippen LogP contribution in [0, 0.1) is 11.7 Å². The molecule has 1 aliphatic carbocycles. The van der Waals surface area contributed by atoms with Gasteiger partial charge in [0.25, 0.3) is 0 Å². The number of hydrogen-bond acceptors (Lipinski definition) is 7. The Hall–Kier alpha value is -3.20. The van der Waals surface area contributed by atoms with Gasteiger partial charge in [-0.2, -0.15) is 0 Å². The topological polar surface area (TPSA) is 73.3 Å². The van der Waals surface area contributed by atoms with Crippen molar-refractivity contribution in [2.24, 2.45) is 5.92 Å². The maximum atomic E-state index is 14.9. The van der Waals surface area contributed by atoms with Crippen LogP contribution in [-0.2, 0) is 22.5 Å². The molecule has 1 aromatic carbocycles. The van der Waals surface area contributed by atoms with Crippen molar-refractivity contribution in [1.29, 1.82) is 0 Å². The molecule has 1 atom stereocenters. The van der Waals surface area contributed by atoms with Gasteiger partial charge in [-0.25, -0.2) is 4.39 Å². The number of halogens is 1. The van der Waals surface area contributed by atoms with E-state index < -0.39 is 5.82 Å². The number of benzene rings is 1. The Bertz CT molecular complexity index is 1390. The minimum Gasteiger partial charge on any atom is -0.453 e. The zero-order valence-corrected chi connectivity index (χ0v) is 21.8. The van der Waals surface area contributed by atoms with Gasteiger partial charge in [0.15, 0.2) is 11.6 Å². The van der Waals surface area contributed by atoms with E-state index in [1.54, 1.807) is 31.5 Å². The number of aromatic nitrogens is 2. The van der Waals surface area contributed by atoms with Crippen LogP contribution in [0.1, 0.15) is 37.3 Å². The van der Waals surface area contributed by atoms with Crippen molar-refractivity contribution >= 4 is 27.3 Å². The number of hydrogen-bond donors (Lipinski definition) is 1. The maximum Gasteiger partial charge on any atom is 0.166 e. The molecule has 1 fully saturated rings. The third-order valence-corrected chi connectivity index (χ3v) is 7.52. The smallest absolute Gasteiger partial charge is 0.166 e. The standard InChI is InChI=1S/C29H30FN3O3S/c1-18(17-35-2)32-15-21-5-7-24(33-16-21)28-14-25-29(37-28)27(9-10-31-25)36-26-8-6-20(13-23(26)30)12-22(34)11-19-3-4-19/h5-10,13-14,16,18-19,32H,3-4,11-12,15,17H2,1-2H3/t18-/m0/s1. The fourth-order valence-electron chi connectivity index (χ4n) is 4.20. The van der Waals surface area contributed by atoms with E-state index in [0.29, 0.717) is 36.8 Å². The van der Waals surface area contributed by atoms with Crippen molar-refractivity contribution in [3.8, 4) is 22.1 Å². The molecule has 5 rings (SSSR count). The number of ketones is 1. The molecular weight excluding hydrogens is 489 g/mol. The van der Waals surface area contributed by atoms with Crippen LogP contribution in [0.2, 0.25) is 0 Å². The molecule has 8 heteroatoms. The summed E-state index contributed by atoms with van der Waals surface area (Å²) >= 11 is 1.51. The van der Waals surface area contributed by atoms with Crippen molar-refractivity contribution in [2.45, 2.75) is 45.2 Å². The van der Waals surface area contributed by atoms with E-state index in [2.05, 4.69) is 28.3 Å². The number of carbonyl (C=O) groups excluding carboxylic acids is 1. The van der Waals surface area contributed by atoms with Crippen LogP contribution in [0.4, 0.5) is 4.39 Å². The quantitative estimate of drug-likeness (QED) is 0.236. The van der Waals surface area contributed by atoms with Crippen molar-refractivity contribution in [2.75, 3.05) is 13.7 Å². The second kappa shape index (κ2) is 11.5. The SMILES string of the molecule is COC[C@H](C)NCc1ccc(-c2cc3nccc(Oc4ccc(CC(=O)CC5CC5)cc4F)c3s2)nc1. The summed E-state index contributed by atoms with van der Waals surface area (Å²) in [6.07, 6.45) is 6.63. The molecule has 0 unspecified atom stereocenters. The van der Waals surface area contributed by atoms with Gasteiger partial charge in [0.2, 0.25) is 0 Å². The Balaban J connectivity index is 1.29. The van der Waals surface area contributed by atoms with E-state index in [1.165, 1.54) is 17.4 Å². The number of Topliss-reactive ketones (excluding diaryl/α,β-unsaturated/α-hetero) is 1. The largest absolute Gasteiger partial charge is 0.453 e. The Morgan fingerprint density at radius 1 is 1.14 bits per heavy atom. The lowest BCUT2D eigenvalue weighted by Crippen LogP contribution is -2.29. The molecule has 192 valence electrons. The summed E-state index contributed by atoms with van der Waals surface area (Å²) in [4.78, 5) is 22.2. The summed E-state index contributed by atoms with van der Waals surface area (Å²) < 4.78 is 26.8. The molecule has 3 heterocycles. The summed E-state index contributed by atoms with van der Waals surface area (Å²) in [7, 11) is 1.69. The number of nitrogens with one attached hydrogen (secondary N) is 1. The van der Waals surface area contributed by atoms with Gasteiger partial charge in [0.05, 0.1) is 27.4 Å². The van der Waals surface area contributed by atoms with Gasteiger partial charge in [-0.15, -0.1) is 11.3 Å². The number of pyridine rings is 2. The van der Waals surface area contributed by atoms with Crippen molar-refractivity contribution < 1.29 is 18.7 Å². The molecule has 0 amide bonds. The molecule has 0 bridgehead atoms. The zero-order chi connectivity index (χ0) is 25.8. The molecule has 0 spiro atoms. The van der Waals surface area contributed by atoms with Gasteiger partial charge in [0, 0.05) is 51.0 Å². The molecule has 6 nitrogen and oxygen atoms in total. The lowest BCUT2D eigenvalue weighted by molar-refractivity contribution is -0.118. The van der Waals surface area contributed by atoms with Gasteiger partial charge in [-0.3, -0.25) is 14.8 Å². The first-order valence-electron chi connectivity index (χ1n) is 12.5. The Labute approximate surface area is 219 Å². The fourth-order valence-corrected chi connectivity index (χ4v) is 5.24. The maximum absolute atomic E-state index is 14.9. The molecular formula is C29H30FN3O3S. The number of rotatable bonds is 12. The predicted molar refractivity (Wildman–Crippen MR) is 144 cm³/mol. The van der Waals surface area contributed by atoms with E-state index in [0.717, 1.165) is 39.2 Å². The second-order valence-corrected chi connectivity index (χ2v) is 10.7. The van der Waals surface area contributed by atoms with Gasteiger partial charge in [-0.1, -0.05) is 12.1 Å². The van der Waals surface area contributed by atoms with E-state index >= 15 is 0 Å². The average Bonchev–Trinajstić information content (AvgIpc) is 3.58. The van der Waals surface area contributed by atoms with E-state index in [-0.39, 0.29) is 24.0 Å². The molecule has 1 aliphatic rings. The monoisotopic (exact) mass is 519 g/mol. The first-order valence-corrected chi connectivity index (χ1v) is 13.3. The Morgan fingerprint density at radius 2 is 1.97 bits per heavy atom. The highest BCUT2D eigenvalue weighted by Crippen LogP contribution is 2.39. The third-order valence-electron chi connectivity index (χ3n) is 6.36. The highest BCUT2D eigenvalue weighted by atomic mass is 32.1. The number of thiophene rings is 1. The van der Waals surface area contributed by atoms with E-state index in [4.69, 9.17) is 9.47 Å². The normalized spacial score (nSPS) is 14.1. The lowest BCUT2D eigenvalue weighted by Gasteiger charge is -2.12. The summed E-state index contributed by atoms with van der Waals surface area (Å²) in [5, 5.41) is 3.40. The first-order chi connectivity index (χ1) is 18.0. The minimum absolute atomic E-state index is 0.124. The Kier molecular flexibility index (Phi) is 7.88. The van der Waals surface area contributed by atoms with Crippen molar-refractivity contribution in [3.05, 3.63) is 71.8 Å². The number of methoxy groups -OCH3 is 1. The van der Waals surface area contributed by atoms with Gasteiger partial charge < -0.3 is 14.8 Å². The number of fused-ring (bicyclic) bond motifs is 1. The molecule has 1 saturated carbocycles. The fraction of sp³-hybridized carbons (Fsp3) is 0.345. The van der Waals surface area contributed by atoms with Gasteiger partial charge in [-0.05, 0) is 61.1 Å². The summed E-state index contributed by atoms with van der Waals surface area (Å²) in [6, 6.07) is 12.8. The minimum atomic E-state index is -0.482. The molecule has 0 radical (unpaired) electrons. The number of ether oxygens (including phenoxy) is 2. The van der Waals surface area contributed by atoms with Crippen LogP contribution in [0.25, 0.3) is 20.8 Å². The Morgan fingerprint density at radius 3 is 2.70 bits per heavy atom.